The maximum absolute atomic E-state index is 12.6. The molecular formula is C17H25ClN4O2. The van der Waals surface area contributed by atoms with Gasteiger partial charge in [0.05, 0.1) is 12.6 Å². The number of unbranched alkanes of at least 4 members (excludes halogenated alkanes) is 1. The van der Waals surface area contributed by atoms with Crippen LogP contribution < -0.4 is 4.90 Å². The molecule has 24 heavy (non-hydrogen) atoms. The molecule has 1 aliphatic carbocycles. The summed E-state index contributed by atoms with van der Waals surface area (Å²) in [5.41, 5.74) is 0. The van der Waals surface area contributed by atoms with Crippen molar-refractivity contribution < 1.29 is 9.53 Å². The van der Waals surface area contributed by atoms with Crippen molar-refractivity contribution in [3.63, 3.8) is 0 Å². The Balaban J connectivity index is 1.63. The molecule has 1 aliphatic heterocycles. The van der Waals surface area contributed by atoms with Gasteiger partial charge in [-0.3, -0.25) is 0 Å². The molecule has 1 aromatic heterocycles. The maximum Gasteiger partial charge on any atom is 0.410 e. The monoisotopic (exact) mass is 352 g/mol. The molecule has 1 saturated heterocycles. The molecule has 0 spiro atoms. The molecule has 6 nitrogen and oxygen atoms in total. The van der Waals surface area contributed by atoms with Crippen molar-refractivity contribution in [1.29, 1.82) is 0 Å². The molecule has 1 saturated carbocycles. The van der Waals surface area contributed by atoms with Gasteiger partial charge in [-0.15, -0.1) is 10.2 Å². The topological polar surface area (TPSA) is 58.6 Å². The lowest BCUT2D eigenvalue weighted by molar-refractivity contribution is 0.0480. The third kappa shape index (κ3) is 3.91. The van der Waals surface area contributed by atoms with Gasteiger partial charge in [0.25, 0.3) is 0 Å². The summed E-state index contributed by atoms with van der Waals surface area (Å²) in [5, 5.41) is 8.45. The molecule has 1 aromatic rings. The minimum Gasteiger partial charge on any atom is -0.449 e. The summed E-state index contributed by atoms with van der Waals surface area (Å²) < 4.78 is 5.49. The molecule has 3 rings (SSSR count). The van der Waals surface area contributed by atoms with Gasteiger partial charge in [-0.1, -0.05) is 24.9 Å². The van der Waals surface area contributed by atoms with Crippen LogP contribution in [0.15, 0.2) is 12.1 Å². The molecule has 0 unspecified atom stereocenters. The number of ether oxygens (including phenoxy) is 1. The predicted molar refractivity (Wildman–Crippen MR) is 93.4 cm³/mol. The summed E-state index contributed by atoms with van der Waals surface area (Å²) in [4.78, 5) is 16.7. The van der Waals surface area contributed by atoms with E-state index in [4.69, 9.17) is 16.3 Å². The zero-order valence-corrected chi connectivity index (χ0v) is 14.9. The fourth-order valence-corrected chi connectivity index (χ4v) is 3.39. The first kappa shape index (κ1) is 17.3. The Labute approximate surface area is 148 Å². The van der Waals surface area contributed by atoms with Crippen molar-refractivity contribution in [3.8, 4) is 0 Å². The molecule has 2 aliphatic rings. The molecule has 7 heteroatoms. The van der Waals surface area contributed by atoms with Crippen molar-refractivity contribution >= 4 is 23.5 Å². The summed E-state index contributed by atoms with van der Waals surface area (Å²) >= 11 is 5.81. The lowest BCUT2D eigenvalue weighted by atomic mass is 9.90. The lowest BCUT2D eigenvalue weighted by Gasteiger charge is -2.40. The SMILES string of the molecule is CCCCOC(=O)N(C1CCC1)[C@@H]1CCN(c2ccc(Cl)nn2)C1. The van der Waals surface area contributed by atoms with E-state index < -0.39 is 0 Å². The van der Waals surface area contributed by atoms with Crippen LogP contribution >= 0.6 is 11.6 Å². The van der Waals surface area contributed by atoms with Crippen molar-refractivity contribution in [2.75, 3.05) is 24.6 Å². The molecular weight excluding hydrogens is 328 g/mol. The number of hydrogen-bond acceptors (Lipinski definition) is 5. The van der Waals surface area contributed by atoms with Gasteiger partial charge in [0, 0.05) is 19.1 Å². The van der Waals surface area contributed by atoms with Gasteiger partial charge in [0.2, 0.25) is 0 Å². The van der Waals surface area contributed by atoms with Crippen LogP contribution in [0.3, 0.4) is 0 Å². The van der Waals surface area contributed by atoms with E-state index in [0.29, 0.717) is 17.8 Å². The first-order chi connectivity index (χ1) is 11.7. The normalized spacial score (nSPS) is 20.8. The summed E-state index contributed by atoms with van der Waals surface area (Å²) in [6.45, 7) is 4.25. The summed E-state index contributed by atoms with van der Waals surface area (Å²) in [7, 11) is 0. The van der Waals surface area contributed by atoms with E-state index in [0.717, 1.165) is 51.0 Å². The third-order valence-corrected chi connectivity index (χ3v) is 5.10. The van der Waals surface area contributed by atoms with E-state index in [9.17, 15) is 4.79 Å². The third-order valence-electron chi connectivity index (χ3n) is 4.90. The maximum atomic E-state index is 12.6. The van der Waals surface area contributed by atoms with Gasteiger partial charge in [-0.05, 0) is 44.2 Å². The highest BCUT2D eigenvalue weighted by atomic mass is 35.5. The summed E-state index contributed by atoms with van der Waals surface area (Å²) in [6, 6.07) is 4.15. The van der Waals surface area contributed by atoms with Crippen LogP contribution in [0.4, 0.5) is 10.6 Å². The van der Waals surface area contributed by atoms with Gasteiger partial charge in [-0.2, -0.15) is 0 Å². The fourth-order valence-electron chi connectivity index (χ4n) is 3.29. The predicted octanol–water partition coefficient (Wildman–Crippen LogP) is 3.50. The Bertz CT molecular complexity index is 550. The van der Waals surface area contributed by atoms with Gasteiger partial charge >= 0.3 is 6.09 Å². The average Bonchev–Trinajstić information content (AvgIpc) is 3.01. The number of rotatable bonds is 6. The largest absolute Gasteiger partial charge is 0.449 e. The second-order valence-corrected chi connectivity index (χ2v) is 6.95. The molecule has 2 fully saturated rings. The highest BCUT2D eigenvalue weighted by molar-refractivity contribution is 6.29. The van der Waals surface area contributed by atoms with E-state index in [1.54, 1.807) is 6.07 Å². The van der Waals surface area contributed by atoms with Crippen LogP contribution in [0.25, 0.3) is 0 Å². The number of carbonyl (C=O) groups excluding carboxylic acids is 1. The molecule has 0 bridgehead atoms. The molecule has 0 aromatic carbocycles. The first-order valence-electron chi connectivity index (χ1n) is 8.88. The van der Waals surface area contributed by atoms with Crippen molar-refractivity contribution in [2.45, 2.75) is 57.5 Å². The molecule has 0 N–H and O–H groups in total. The second-order valence-electron chi connectivity index (χ2n) is 6.56. The lowest BCUT2D eigenvalue weighted by Crippen LogP contribution is -2.51. The van der Waals surface area contributed by atoms with Crippen molar-refractivity contribution in [3.05, 3.63) is 17.3 Å². The fraction of sp³-hybridized carbons (Fsp3) is 0.706. The zero-order valence-electron chi connectivity index (χ0n) is 14.2. The number of nitrogens with zero attached hydrogens (tertiary/aromatic N) is 4. The van der Waals surface area contributed by atoms with E-state index in [1.807, 2.05) is 11.0 Å². The molecule has 132 valence electrons. The summed E-state index contributed by atoms with van der Waals surface area (Å²) in [5.74, 6) is 0.815. The van der Waals surface area contributed by atoms with Crippen LogP contribution in [0.2, 0.25) is 5.15 Å². The smallest absolute Gasteiger partial charge is 0.410 e. The molecule has 1 atom stereocenters. The number of halogens is 1. The van der Waals surface area contributed by atoms with Gasteiger partial charge in [-0.25, -0.2) is 4.79 Å². The molecule has 2 heterocycles. The minimum absolute atomic E-state index is 0.151. The van der Waals surface area contributed by atoms with E-state index in [2.05, 4.69) is 22.0 Å². The number of aromatic nitrogens is 2. The van der Waals surface area contributed by atoms with E-state index in [-0.39, 0.29) is 12.1 Å². The van der Waals surface area contributed by atoms with Crippen LogP contribution in [0.5, 0.6) is 0 Å². The van der Waals surface area contributed by atoms with Gasteiger partial charge in [0.15, 0.2) is 11.0 Å². The highest BCUT2D eigenvalue weighted by Crippen LogP contribution is 2.31. The quantitative estimate of drug-likeness (QED) is 0.733. The zero-order chi connectivity index (χ0) is 16.9. The Morgan fingerprint density at radius 1 is 1.33 bits per heavy atom. The van der Waals surface area contributed by atoms with E-state index >= 15 is 0 Å². The van der Waals surface area contributed by atoms with E-state index in [1.165, 1.54) is 6.42 Å². The number of carbonyl (C=O) groups is 1. The number of amides is 1. The minimum atomic E-state index is -0.151. The molecule has 0 radical (unpaired) electrons. The Hall–Kier alpha value is -1.56. The van der Waals surface area contributed by atoms with Gasteiger partial charge in [0.1, 0.15) is 0 Å². The number of anilines is 1. The van der Waals surface area contributed by atoms with Crippen LogP contribution in [0.1, 0.15) is 45.4 Å². The van der Waals surface area contributed by atoms with Crippen LogP contribution in [-0.4, -0.2) is 53.0 Å². The van der Waals surface area contributed by atoms with Crippen LogP contribution in [0, 0.1) is 0 Å². The average molecular weight is 353 g/mol. The highest BCUT2D eigenvalue weighted by Gasteiger charge is 2.38. The summed E-state index contributed by atoms with van der Waals surface area (Å²) in [6.07, 6.45) is 6.10. The second kappa shape index (κ2) is 8.01. The number of hydrogen-bond donors (Lipinski definition) is 0. The van der Waals surface area contributed by atoms with Crippen molar-refractivity contribution in [1.82, 2.24) is 15.1 Å². The Morgan fingerprint density at radius 3 is 2.79 bits per heavy atom. The molecule has 1 amide bonds. The standard InChI is InChI=1S/C17H25ClN4O2/c1-2-3-11-24-17(23)22(13-5-4-6-13)14-9-10-21(12-14)16-8-7-15(18)19-20-16/h7-8,13-14H,2-6,9-12H2,1H3/t14-/m1/s1. The first-order valence-corrected chi connectivity index (χ1v) is 9.26. The Kier molecular flexibility index (Phi) is 5.76. The van der Waals surface area contributed by atoms with Crippen molar-refractivity contribution in [2.24, 2.45) is 0 Å². The van der Waals surface area contributed by atoms with Crippen LogP contribution in [-0.2, 0) is 4.74 Å². The van der Waals surface area contributed by atoms with Gasteiger partial charge < -0.3 is 14.5 Å². The Morgan fingerprint density at radius 2 is 2.17 bits per heavy atom.